The predicted molar refractivity (Wildman–Crippen MR) is 45.5 cm³/mol. The summed E-state index contributed by atoms with van der Waals surface area (Å²) in [5.74, 6) is 0. The number of nitrogens with zero attached hydrogens (tertiary/aromatic N) is 1. The Hall–Kier alpha value is -0.110. The Kier molecular flexibility index (Phi) is 2.88. The second-order valence-corrected chi connectivity index (χ2v) is 3.53. The van der Waals surface area contributed by atoms with Crippen molar-refractivity contribution in [1.82, 2.24) is 4.90 Å². The number of halogens is 1. The van der Waals surface area contributed by atoms with Crippen LogP contribution in [0.25, 0.3) is 0 Å². The van der Waals surface area contributed by atoms with Crippen molar-refractivity contribution < 1.29 is 4.39 Å². The Morgan fingerprint density at radius 1 is 1.45 bits per heavy atom. The topological polar surface area (TPSA) is 3.24 Å². The van der Waals surface area contributed by atoms with E-state index in [2.05, 4.69) is 11.8 Å². The minimum absolute atomic E-state index is 0.664. The van der Waals surface area contributed by atoms with E-state index in [1.165, 1.54) is 0 Å². The first-order valence-corrected chi connectivity index (χ1v) is 4.61. The fraction of sp³-hybridized carbons (Fsp3) is 1.00. The molecule has 1 saturated heterocycles. The molecule has 0 aromatic carbocycles. The number of alkyl halides is 1. The maximum Gasteiger partial charge on any atom is 0.124 e. The fourth-order valence-corrected chi connectivity index (χ4v) is 1.71. The van der Waals surface area contributed by atoms with Crippen molar-refractivity contribution >= 4 is 0 Å². The monoisotopic (exact) mass is 159 g/mol. The van der Waals surface area contributed by atoms with Gasteiger partial charge in [0.05, 0.1) is 0 Å². The molecule has 1 unspecified atom stereocenters. The standard InChI is InChI=1S/C9H18FN/c1-3-6-11-7-5-9(10,4-2)8-11/h3-8H2,1-2H3. The minimum atomic E-state index is -0.866. The van der Waals surface area contributed by atoms with E-state index in [4.69, 9.17) is 0 Å². The molecule has 1 aliphatic heterocycles. The van der Waals surface area contributed by atoms with E-state index < -0.39 is 5.67 Å². The summed E-state index contributed by atoms with van der Waals surface area (Å²) in [6.45, 7) is 6.76. The SMILES string of the molecule is CCCN1CCC(F)(CC)C1. The third-order valence-electron chi connectivity index (χ3n) is 2.56. The van der Waals surface area contributed by atoms with E-state index in [1.54, 1.807) is 0 Å². The van der Waals surface area contributed by atoms with Crippen molar-refractivity contribution in [3.05, 3.63) is 0 Å². The molecule has 2 heteroatoms. The van der Waals surface area contributed by atoms with Gasteiger partial charge in [-0.1, -0.05) is 13.8 Å². The molecular weight excluding hydrogens is 141 g/mol. The van der Waals surface area contributed by atoms with Crippen LogP contribution in [0.15, 0.2) is 0 Å². The molecule has 1 heterocycles. The average molecular weight is 159 g/mol. The predicted octanol–water partition coefficient (Wildman–Crippen LogP) is 2.22. The lowest BCUT2D eigenvalue weighted by Gasteiger charge is -2.18. The molecule has 1 aliphatic rings. The molecule has 66 valence electrons. The van der Waals surface area contributed by atoms with Crippen LogP contribution in [-0.4, -0.2) is 30.2 Å². The number of rotatable bonds is 3. The van der Waals surface area contributed by atoms with Crippen LogP contribution in [0.2, 0.25) is 0 Å². The Bertz CT molecular complexity index is 127. The molecule has 0 aromatic rings. The van der Waals surface area contributed by atoms with Crippen LogP contribution in [0.5, 0.6) is 0 Å². The van der Waals surface area contributed by atoms with E-state index >= 15 is 0 Å². The van der Waals surface area contributed by atoms with Gasteiger partial charge >= 0.3 is 0 Å². The van der Waals surface area contributed by atoms with Crippen LogP contribution < -0.4 is 0 Å². The smallest absolute Gasteiger partial charge is 0.124 e. The van der Waals surface area contributed by atoms with E-state index in [-0.39, 0.29) is 0 Å². The maximum atomic E-state index is 13.6. The maximum absolute atomic E-state index is 13.6. The molecule has 0 radical (unpaired) electrons. The van der Waals surface area contributed by atoms with Gasteiger partial charge in [0.15, 0.2) is 0 Å². The summed E-state index contributed by atoms with van der Waals surface area (Å²) < 4.78 is 13.6. The van der Waals surface area contributed by atoms with Crippen LogP contribution >= 0.6 is 0 Å². The van der Waals surface area contributed by atoms with Crippen LogP contribution in [0, 0.1) is 0 Å². The lowest BCUT2D eigenvalue weighted by molar-refractivity contribution is 0.160. The van der Waals surface area contributed by atoms with Crippen molar-refractivity contribution in [1.29, 1.82) is 0 Å². The summed E-state index contributed by atoms with van der Waals surface area (Å²) in [5.41, 5.74) is -0.866. The molecule has 0 spiro atoms. The molecule has 0 N–H and O–H groups in total. The lowest BCUT2D eigenvalue weighted by Crippen LogP contribution is -2.28. The molecule has 0 aromatic heterocycles. The van der Waals surface area contributed by atoms with Gasteiger partial charge in [-0.25, -0.2) is 4.39 Å². The molecule has 0 saturated carbocycles. The molecule has 1 atom stereocenters. The molecule has 1 fully saturated rings. The first kappa shape index (κ1) is 8.98. The van der Waals surface area contributed by atoms with Crippen LogP contribution in [0.4, 0.5) is 4.39 Å². The quantitative estimate of drug-likeness (QED) is 0.610. The van der Waals surface area contributed by atoms with E-state index in [1.807, 2.05) is 6.92 Å². The highest BCUT2D eigenvalue weighted by Gasteiger charge is 2.35. The van der Waals surface area contributed by atoms with Gasteiger partial charge in [-0.2, -0.15) is 0 Å². The molecule has 1 nitrogen and oxygen atoms in total. The fourth-order valence-electron chi connectivity index (χ4n) is 1.71. The number of likely N-dealkylation sites (tertiary alicyclic amines) is 1. The third-order valence-corrected chi connectivity index (χ3v) is 2.56. The second kappa shape index (κ2) is 3.53. The summed E-state index contributed by atoms with van der Waals surface area (Å²) in [6, 6.07) is 0. The normalized spacial score (nSPS) is 33.0. The van der Waals surface area contributed by atoms with Crippen LogP contribution in [0.3, 0.4) is 0 Å². The van der Waals surface area contributed by atoms with Gasteiger partial charge in [-0.15, -0.1) is 0 Å². The zero-order valence-corrected chi connectivity index (χ0v) is 7.57. The Morgan fingerprint density at radius 3 is 2.64 bits per heavy atom. The van der Waals surface area contributed by atoms with Gasteiger partial charge < -0.3 is 4.90 Å². The molecular formula is C9H18FN. The Morgan fingerprint density at radius 2 is 2.18 bits per heavy atom. The molecule has 0 amide bonds. The highest BCUT2D eigenvalue weighted by molar-refractivity contribution is 4.88. The number of hydrogen-bond donors (Lipinski definition) is 0. The van der Waals surface area contributed by atoms with Crippen molar-refractivity contribution in [2.45, 2.75) is 38.8 Å². The first-order chi connectivity index (χ1) is 5.20. The Balaban J connectivity index is 2.33. The van der Waals surface area contributed by atoms with Crippen molar-refractivity contribution in [3.63, 3.8) is 0 Å². The molecule has 0 aliphatic carbocycles. The summed E-state index contributed by atoms with van der Waals surface area (Å²) >= 11 is 0. The minimum Gasteiger partial charge on any atom is -0.300 e. The summed E-state index contributed by atoms with van der Waals surface area (Å²) in [6.07, 6.45) is 2.55. The highest BCUT2D eigenvalue weighted by Crippen LogP contribution is 2.28. The summed E-state index contributed by atoms with van der Waals surface area (Å²) in [7, 11) is 0. The summed E-state index contributed by atoms with van der Waals surface area (Å²) in [5, 5.41) is 0. The molecule has 1 rings (SSSR count). The van der Waals surface area contributed by atoms with Gasteiger partial charge in [0.1, 0.15) is 5.67 Å². The second-order valence-electron chi connectivity index (χ2n) is 3.53. The van der Waals surface area contributed by atoms with Gasteiger partial charge in [0, 0.05) is 13.1 Å². The van der Waals surface area contributed by atoms with Crippen molar-refractivity contribution in [2.75, 3.05) is 19.6 Å². The van der Waals surface area contributed by atoms with Crippen LogP contribution in [0.1, 0.15) is 33.1 Å². The number of hydrogen-bond acceptors (Lipinski definition) is 1. The largest absolute Gasteiger partial charge is 0.300 e. The molecule has 0 bridgehead atoms. The summed E-state index contributed by atoms with van der Waals surface area (Å²) in [4.78, 5) is 2.23. The Labute approximate surface area is 68.6 Å². The zero-order valence-electron chi connectivity index (χ0n) is 7.57. The van der Waals surface area contributed by atoms with Crippen molar-refractivity contribution in [3.8, 4) is 0 Å². The van der Waals surface area contributed by atoms with Crippen LogP contribution in [-0.2, 0) is 0 Å². The first-order valence-electron chi connectivity index (χ1n) is 4.61. The van der Waals surface area contributed by atoms with E-state index in [0.29, 0.717) is 13.0 Å². The highest BCUT2D eigenvalue weighted by atomic mass is 19.1. The molecule has 11 heavy (non-hydrogen) atoms. The van der Waals surface area contributed by atoms with E-state index in [0.717, 1.165) is 25.9 Å². The van der Waals surface area contributed by atoms with Gasteiger partial charge in [-0.3, -0.25) is 0 Å². The van der Waals surface area contributed by atoms with Gasteiger partial charge in [-0.05, 0) is 25.8 Å². The third kappa shape index (κ3) is 2.16. The van der Waals surface area contributed by atoms with Gasteiger partial charge in [0.25, 0.3) is 0 Å². The van der Waals surface area contributed by atoms with Crippen molar-refractivity contribution in [2.24, 2.45) is 0 Å². The van der Waals surface area contributed by atoms with E-state index in [9.17, 15) is 4.39 Å². The lowest BCUT2D eigenvalue weighted by atomic mass is 10.0. The van der Waals surface area contributed by atoms with Gasteiger partial charge in [0.2, 0.25) is 0 Å². The zero-order chi connectivity index (χ0) is 8.32. The average Bonchev–Trinajstić information content (AvgIpc) is 2.35.